The van der Waals surface area contributed by atoms with E-state index < -0.39 is 16.7 Å². The summed E-state index contributed by atoms with van der Waals surface area (Å²) in [6, 6.07) is 7.85. The second-order valence-corrected chi connectivity index (χ2v) is 4.41. The molecule has 8 heteroatoms. The first kappa shape index (κ1) is 15.1. The fourth-order valence-corrected chi connectivity index (χ4v) is 1.77. The first-order valence-electron chi connectivity index (χ1n) is 5.56. The van der Waals surface area contributed by atoms with E-state index in [2.05, 4.69) is 0 Å². The Morgan fingerprint density at radius 3 is 2.43 bits per heavy atom. The minimum absolute atomic E-state index is 0.0230. The van der Waals surface area contributed by atoms with Gasteiger partial charge in [-0.3, -0.25) is 10.1 Å². The van der Waals surface area contributed by atoms with Gasteiger partial charge in [-0.05, 0) is 24.3 Å². The first-order valence-corrected chi connectivity index (χ1v) is 5.94. The van der Waals surface area contributed by atoms with Crippen LogP contribution in [0.5, 0.6) is 11.5 Å². The zero-order valence-corrected chi connectivity index (χ0v) is 11.0. The van der Waals surface area contributed by atoms with Gasteiger partial charge < -0.3 is 4.74 Å². The molecule has 0 aliphatic heterocycles. The lowest BCUT2D eigenvalue weighted by molar-refractivity contribution is -0.384. The number of benzene rings is 2. The van der Waals surface area contributed by atoms with Gasteiger partial charge in [-0.15, -0.1) is 0 Å². The first-order chi connectivity index (χ1) is 9.77. The third kappa shape index (κ3) is 3.63. The maximum absolute atomic E-state index is 12.5. The highest BCUT2D eigenvalue weighted by molar-refractivity contribution is 6.32. The zero-order chi connectivity index (χ0) is 15.6. The molecule has 4 nitrogen and oxygen atoms in total. The molecule has 21 heavy (non-hydrogen) atoms. The van der Waals surface area contributed by atoms with Crippen LogP contribution in [0.4, 0.5) is 18.9 Å². The maximum atomic E-state index is 12.5. The minimum Gasteiger partial charge on any atom is -0.456 e. The van der Waals surface area contributed by atoms with Crippen LogP contribution in [-0.2, 0) is 6.18 Å². The van der Waals surface area contributed by atoms with Crippen molar-refractivity contribution >= 4 is 17.3 Å². The van der Waals surface area contributed by atoms with Crippen molar-refractivity contribution in [2.75, 3.05) is 0 Å². The van der Waals surface area contributed by atoms with Gasteiger partial charge in [0.25, 0.3) is 5.69 Å². The molecule has 0 aliphatic carbocycles. The Labute approximate surface area is 121 Å². The van der Waals surface area contributed by atoms with Crippen LogP contribution in [0.15, 0.2) is 42.5 Å². The van der Waals surface area contributed by atoms with Gasteiger partial charge in [-0.1, -0.05) is 17.7 Å². The Bertz CT molecular complexity index is 689. The lowest BCUT2D eigenvalue weighted by Gasteiger charge is -2.11. The number of nitro benzene ring substituents is 1. The summed E-state index contributed by atoms with van der Waals surface area (Å²) in [7, 11) is 0. The largest absolute Gasteiger partial charge is 0.456 e. The number of nitrogens with zero attached hydrogens (tertiary/aromatic N) is 1. The Kier molecular flexibility index (Phi) is 4.04. The molecule has 0 heterocycles. The minimum atomic E-state index is -4.51. The van der Waals surface area contributed by atoms with Crippen LogP contribution in [0.1, 0.15) is 5.56 Å². The third-order valence-corrected chi connectivity index (χ3v) is 2.81. The molecule has 2 aromatic carbocycles. The summed E-state index contributed by atoms with van der Waals surface area (Å²) >= 11 is 5.73. The number of halogens is 4. The number of hydrogen-bond donors (Lipinski definition) is 0. The summed E-state index contributed by atoms with van der Waals surface area (Å²) in [4.78, 5) is 10.0. The summed E-state index contributed by atoms with van der Waals surface area (Å²) in [5, 5.41) is 10.4. The molecule has 0 saturated carbocycles. The van der Waals surface area contributed by atoms with Crippen LogP contribution < -0.4 is 4.74 Å². The Balaban J connectivity index is 2.28. The van der Waals surface area contributed by atoms with Gasteiger partial charge in [0.15, 0.2) is 0 Å². The highest BCUT2D eigenvalue weighted by Gasteiger charge is 2.31. The number of hydrogen-bond acceptors (Lipinski definition) is 3. The summed E-state index contributed by atoms with van der Waals surface area (Å²) in [5.74, 6) is 0.0797. The van der Waals surface area contributed by atoms with Crippen molar-refractivity contribution in [3.8, 4) is 11.5 Å². The van der Waals surface area contributed by atoms with Crippen LogP contribution in [0.3, 0.4) is 0 Å². The van der Waals surface area contributed by atoms with Gasteiger partial charge >= 0.3 is 6.18 Å². The van der Waals surface area contributed by atoms with Gasteiger partial charge in [0.2, 0.25) is 0 Å². The van der Waals surface area contributed by atoms with E-state index in [1.807, 2.05) is 0 Å². The van der Waals surface area contributed by atoms with Crippen LogP contribution in [0.25, 0.3) is 0 Å². The summed E-state index contributed by atoms with van der Waals surface area (Å²) < 4.78 is 42.7. The van der Waals surface area contributed by atoms with E-state index in [9.17, 15) is 23.3 Å². The number of rotatable bonds is 3. The standard InChI is InChI=1S/C13H7ClF3NO3/c14-11-6-8(13(15,16)17)4-5-12(11)21-10-3-1-2-9(7-10)18(19)20/h1-7H. The molecule has 0 fully saturated rings. The van der Waals surface area contributed by atoms with Crippen molar-refractivity contribution < 1.29 is 22.8 Å². The predicted octanol–water partition coefficient (Wildman–Crippen LogP) is 5.06. The average molecular weight is 318 g/mol. The fourth-order valence-electron chi connectivity index (χ4n) is 1.55. The molecule has 0 bridgehead atoms. The number of ether oxygens (including phenoxy) is 1. The molecule has 0 aliphatic rings. The number of alkyl halides is 3. The highest BCUT2D eigenvalue weighted by Crippen LogP contribution is 2.36. The molecular formula is C13H7ClF3NO3. The van der Waals surface area contributed by atoms with Crippen molar-refractivity contribution in [1.29, 1.82) is 0 Å². The van der Waals surface area contributed by atoms with E-state index in [-0.39, 0.29) is 22.2 Å². The van der Waals surface area contributed by atoms with Crippen LogP contribution in [0.2, 0.25) is 5.02 Å². The van der Waals surface area contributed by atoms with Gasteiger partial charge in [0.1, 0.15) is 11.5 Å². The van der Waals surface area contributed by atoms with Crippen molar-refractivity contribution in [3.63, 3.8) is 0 Å². The van der Waals surface area contributed by atoms with Crippen molar-refractivity contribution in [1.82, 2.24) is 0 Å². The molecule has 0 spiro atoms. The molecule has 0 unspecified atom stereocenters. The molecule has 0 atom stereocenters. The van der Waals surface area contributed by atoms with Gasteiger partial charge in [-0.25, -0.2) is 0 Å². The predicted molar refractivity (Wildman–Crippen MR) is 69.6 cm³/mol. The van der Waals surface area contributed by atoms with Gasteiger partial charge in [0.05, 0.1) is 21.6 Å². The maximum Gasteiger partial charge on any atom is 0.416 e. The summed E-state index contributed by atoms with van der Waals surface area (Å²) in [6.45, 7) is 0. The molecule has 110 valence electrons. The summed E-state index contributed by atoms with van der Waals surface area (Å²) in [6.07, 6.45) is -4.51. The monoisotopic (exact) mass is 317 g/mol. The summed E-state index contributed by atoms with van der Waals surface area (Å²) in [5.41, 5.74) is -1.10. The lowest BCUT2D eigenvalue weighted by Crippen LogP contribution is -2.04. The molecule has 0 radical (unpaired) electrons. The van der Waals surface area contributed by atoms with E-state index in [1.54, 1.807) is 0 Å². The van der Waals surface area contributed by atoms with E-state index in [0.29, 0.717) is 0 Å². The van der Waals surface area contributed by atoms with Gasteiger partial charge in [-0.2, -0.15) is 13.2 Å². The molecule has 0 saturated heterocycles. The smallest absolute Gasteiger partial charge is 0.416 e. The van der Waals surface area contributed by atoms with Gasteiger partial charge in [0, 0.05) is 6.07 Å². The van der Waals surface area contributed by atoms with Crippen LogP contribution in [-0.4, -0.2) is 4.92 Å². The Hall–Kier alpha value is -2.28. The van der Waals surface area contributed by atoms with Crippen LogP contribution in [0, 0.1) is 10.1 Å². The highest BCUT2D eigenvalue weighted by atomic mass is 35.5. The zero-order valence-electron chi connectivity index (χ0n) is 10.2. The molecule has 2 aromatic rings. The number of non-ortho nitro benzene ring substituents is 1. The van der Waals surface area contributed by atoms with Crippen molar-refractivity contribution in [2.24, 2.45) is 0 Å². The van der Waals surface area contributed by atoms with Crippen molar-refractivity contribution in [2.45, 2.75) is 6.18 Å². The Morgan fingerprint density at radius 2 is 1.86 bits per heavy atom. The van der Waals surface area contributed by atoms with E-state index >= 15 is 0 Å². The van der Waals surface area contributed by atoms with E-state index in [0.717, 1.165) is 24.3 Å². The topological polar surface area (TPSA) is 52.4 Å². The van der Waals surface area contributed by atoms with Crippen LogP contribution >= 0.6 is 11.6 Å². The van der Waals surface area contributed by atoms with Crippen molar-refractivity contribution in [3.05, 3.63) is 63.2 Å². The lowest BCUT2D eigenvalue weighted by atomic mass is 10.2. The average Bonchev–Trinajstić information content (AvgIpc) is 2.40. The van der Waals surface area contributed by atoms with E-state index in [1.165, 1.54) is 18.2 Å². The fraction of sp³-hybridized carbons (Fsp3) is 0.0769. The molecule has 0 amide bonds. The Morgan fingerprint density at radius 1 is 1.14 bits per heavy atom. The molecule has 0 N–H and O–H groups in total. The second kappa shape index (κ2) is 5.61. The molecule has 2 rings (SSSR count). The van der Waals surface area contributed by atoms with E-state index in [4.69, 9.17) is 16.3 Å². The molecule has 0 aromatic heterocycles. The third-order valence-electron chi connectivity index (χ3n) is 2.52. The second-order valence-electron chi connectivity index (χ2n) is 4.00. The number of nitro groups is 1. The quantitative estimate of drug-likeness (QED) is 0.587. The molecular weight excluding hydrogens is 311 g/mol. The SMILES string of the molecule is O=[N+]([O-])c1cccc(Oc2ccc(C(F)(F)F)cc2Cl)c1. The normalized spacial score (nSPS) is 11.2.